The predicted molar refractivity (Wildman–Crippen MR) is 189 cm³/mol. The van der Waals surface area contributed by atoms with E-state index in [9.17, 15) is 37.5 Å². The SMILES string of the molecule is COc1cccc(CCNC(=O)C(=O)NC[C@H](NC(=O)c2ccc(Nc3nc(NC4(c5ccc(Cl)cc5)CC4)nc(OCC(F)(F)F)n3)cc2)C(=O)O)c1. The molecule has 0 spiro atoms. The first-order valence-corrected chi connectivity index (χ1v) is 16.7. The number of methoxy groups -OCH3 is 1. The maximum Gasteiger partial charge on any atom is 0.422 e. The van der Waals surface area contributed by atoms with Crippen LogP contribution >= 0.6 is 11.6 Å². The van der Waals surface area contributed by atoms with Gasteiger partial charge in [0.2, 0.25) is 11.9 Å². The highest BCUT2D eigenvalue weighted by molar-refractivity contribution is 6.35. The minimum Gasteiger partial charge on any atom is -0.497 e. The average molecular weight is 771 g/mol. The number of nitrogens with zero attached hydrogens (tertiary/aromatic N) is 3. The molecule has 1 aromatic heterocycles. The number of aliphatic carboxylic acids is 1. The largest absolute Gasteiger partial charge is 0.497 e. The molecule has 1 heterocycles. The lowest BCUT2D eigenvalue weighted by Crippen LogP contribution is -2.51. The van der Waals surface area contributed by atoms with Gasteiger partial charge in [-0.2, -0.15) is 28.1 Å². The van der Waals surface area contributed by atoms with E-state index in [4.69, 9.17) is 21.1 Å². The van der Waals surface area contributed by atoms with Gasteiger partial charge in [-0.3, -0.25) is 14.4 Å². The number of rotatable bonds is 16. The van der Waals surface area contributed by atoms with E-state index in [0.29, 0.717) is 35.7 Å². The smallest absolute Gasteiger partial charge is 0.422 e. The molecule has 54 heavy (non-hydrogen) atoms. The first-order valence-electron chi connectivity index (χ1n) is 16.3. The lowest BCUT2D eigenvalue weighted by molar-refractivity contribution is -0.154. The summed E-state index contributed by atoms with van der Waals surface area (Å²) in [5.41, 5.74) is 1.51. The molecule has 0 bridgehead atoms. The highest BCUT2D eigenvalue weighted by atomic mass is 35.5. The molecular weight excluding hydrogens is 737 g/mol. The van der Waals surface area contributed by atoms with Crippen molar-refractivity contribution in [2.45, 2.75) is 37.0 Å². The zero-order valence-electron chi connectivity index (χ0n) is 28.5. The van der Waals surface area contributed by atoms with Crippen LogP contribution in [0, 0.1) is 0 Å². The summed E-state index contributed by atoms with van der Waals surface area (Å²) in [7, 11) is 1.52. The van der Waals surface area contributed by atoms with Gasteiger partial charge in [-0.05, 0) is 78.9 Å². The second-order valence-electron chi connectivity index (χ2n) is 12.0. The van der Waals surface area contributed by atoms with Crippen molar-refractivity contribution < 1.29 is 46.9 Å². The number of anilines is 3. The number of hydrogen-bond donors (Lipinski definition) is 6. The fourth-order valence-electron chi connectivity index (χ4n) is 5.05. The lowest BCUT2D eigenvalue weighted by Gasteiger charge is -2.19. The molecule has 0 aliphatic heterocycles. The molecule has 5 rings (SSSR count). The Morgan fingerprint density at radius 2 is 1.61 bits per heavy atom. The van der Waals surface area contributed by atoms with Crippen LogP contribution in [-0.4, -0.2) is 82.8 Å². The van der Waals surface area contributed by atoms with E-state index in [1.165, 1.54) is 31.4 Å². The standard InChI is InChI=1S/C35H34ClF3N8O7/c1-53-25-4-2-3-20(17-25)13-16-40-28(49)29(50)41-18-26(30(51)52)43-27(48)21-5-11-24(12-6-21)42-31-44-32(46-33(45-31)54-19-35(37,38)39)47-34(14-15-34)22-7-9-23(36)10-8-22/h2-12,17,26H,13-16,18-19H2,1H3,(H,40,49)(H,41,50)(H,43,48)(H,51,52)(H2,42,44,45,46,47)/t26-/m0/s1. The monoisotopic (exact) mass is 770 g/mol. The number of carbonyl (C=O) groups is 4. The summed E-state index contributed by atoms with van der Waals surface area (Å²) in [6.45, 7) is -2.09. The van der Waals surface area contributed by atoms with Crippen LogP contribution in [-0.2, 0) is 26.3 Å². The minimum atomic E-state index is -4.65. The van der Waals surface area contributed by atoms with E-state index in [0.717, 1.165) is 11.1 Å². The van der Waals surface area contributed by atoms with Gasteiger partial charge in [-0.1, -0.05) is 35.9 Å². The molecule has 3 amide bonds. The van der Waals surface area contributed by atoms with Crippen molar-refractivity contribution in [1.82, 2.24) is 30.9 Å². The van der Waals surface area contributed by atoms with Crippen molar-refractivity contribution in [3.8, 4) is 11.8 Å². The van der Waals surface area contributed by atoms with Crippen LogP contribution in [0.5, 0.6) is 11.8 Å². The highest BCUT2D eigenvalue weighted by Gasteiger charge is 2.45. The quantitative estimate of drug-likeness (QED) is 0.0896. The number of ether oxygens (including phenoxy) is 2. The van der Waals surface area contributed by atoms with Crippen molar-refractivity contribution in [1.29, 1.82) is 0 Å². The zero-order chi connectivity index (χ0) is 38.9. The number of aromatic nitrogens is 3. The molecule has 0 radical (unpaired) electrons. The number of amides is 3. The Balaban J connectivity index is 1.17. The van der Waals surface area contributed by atoms with Gasteiger partial charge >= 0.3 is 30.0 Å². The third kappa shape index (κ3) is 11.2. The van der Waals surface area contributed by atoms with Crippen LogP contribution in [0.25, 0.3) is 0 Å². The second-order valence-corrected chi connectivity index (χ2v) is 12.5. The van der Waals surface area contributed by atoms with Crippen LogP contribution in [0.15, 0.2) is 72.8 Å². The minimum absolute atomic E-state index is 0.0271. The van der Waals surface area contributed by atoms with Crippen molar-refractivity contribution in [3.05, 3.63) is 94.5 Å². The van der Waals surface area contributed by atoms with Crippen LogP contribution in [0.1, 0.15) is 34.3 Å². The number of hydrogen-bond acceptors (Lipinski definition) is 11. The van der Waals surface area contributed by atoms with Crippen molar-refractivity contribution in [2.24, 2.45) is 0 Å². The molecule has 0 unspecified atom stereocenters. The summed E-state index contributed by atoms with van der Waals surface area (Å²) < 4.78 is 48.7. The molecule has 1 atom stereocenters. The molecule has 6 N–H and O–H groups in total. The van der Waals surface area contributed by atoms with Crippen molar-refractivity contribution >= 4 is 52.9 Å². The number of carbonyl (C=O) groups excluding carboxylic acids is 3. The predicted octanol–water partition coefficient (Wildman–Crippen LogP) is 3.98. The molecule has 15 nitrogen and oxygen atoms in total. The maximum absolute atomic E-state index is 12.9. The molecule has 1 aliphatic rings. The van der Waals surface area contributed by atoms with E-state index in [1.54, 1.807) is 30.3 Å². The van der Waals surface area contributed by atoms with Crippen molar-refractivity contribution in [2.75, 3.05) is 37.4 Å². The number of carboxylic acids is 1. The Kier molecular flexibility index (Phi) is 12.4. The van der Waals surface area contributed by atoms with Gasteiger partial charge in [-0.25, -0.2) is 4.79 Å². The summed E-state index contributed by atoms with van der Waals surface area (Å²) in [5, 5.41) is 23.1. The first-order chi connectivity index (χ1) is 25.7. The van der Waals surface area contributed by atoms with Gasteiger partial charge < -0.3 is 41.2 Å². The summed E-state index contributed by atoms with van der Waals surface area (Å²) in [6, 6.07) is 17.6. The molecule has 284 valence electrons. The van der Waals surface area contributed by atoms with Gasteiger partial charge in [0.05, 0.1) is 12.6 Å². The van der Waals surface area contributed by atoms with Gasteiger partial charge in [0.1, 0.15) is 11.8 Å². The summed E-state index contributed by atoms with van der Waals surface area (Å²) in [6.07, 6.45) is -2.85. The van der Waals surface area contributed by atoms with Crippen LogP contribution in [0.3, 0.4) is 0 Å². The number of nitrogens with one attached hydrogen (secondary N) is 5. The fraction of sp³-hybridized carbons (Fsp3) is 0.286. The Morgan fingerprint density at radius 1 is 0.926 bits per heavy atom. The molecule has 19 heteroatoms. The summed E-state index contributed by atoms with van der Waals surface area (Å²) in [4.78, 5) is 61.5. The number of benzene rings is 3. The third-order valence-corrected chi connectivity index (χ3v) is 8.24. The van der Waals surface area contributed by atoms with E-state index in [2.05, 4.69) is 41.5 Å². The molecular formula is C35H34ClF3N8O7. The van der Waals surface area contributed by atoms with Gasteiger partial charge in [0.15, 0.2) is 6.61 Å². The Labute approximate surface area is 311 Å². The highest BCUT2D eigenvalue weighted by Crippen LogP contribution is 2.48. The van der Waals surface area contributed by atoms with Gasteiger partial charge in [0, 0.05) is 29.4 Å². The molecule has 4 aromatic rings. The number of halogens is 4. The van der Waals surface area contributed by atoms with Crippen LogP contribution in [0.2, 0.25) is 5.02 Å². The van der Waals surface area contributed by atoms with E-state index in [-0.39, 0.29) is 24.0 Å². The van der Waals surface area contributed by atoms with Gasteiger partial charge in [-0.15, -0.1) is 0 Å². The molecule has 0 saturated heterocycles. The third-order valence-electron chi connectivity index (χ3n) is 7.99. The van der Waals surface area contributed by atoms with Gasteiger partial charge in [0.25, 0.3) is 5.91 Å². The second kappa shape index (κ2) is 17.1. The number of carboxylic acid groups (broad SMARTS) is 1. The zero-order valence-corrected chi connectivity index (χ0v) is 29.3. The van der Waals surface area contributed by atoms with Crippen LogP contribution in [0.4, 0.5) is 30.8 Å². The lowest BCUT2D eigenvalue weighted by atomic mass is 10.1. The summed E-state index contributed by atoms with van der Waals surface area (Å²) >= 11 is 6.02. The van der Waals surface area contributed by atoms with E-state index < -0.39 is 60.6 Å². The topological polar surface area (TPSA) is 206 Å². The summed E-state index contributed by atoms with van der Waals surface area (Å²) in [5.74, 6) is -3.92. The first kappa shape index (κ1) is 39.0. The van der Waals surface area contributed by atoms with Crippen LogP contribution < -0.4 is 36.1 Å². The molecule has 1 aliphatic carbocycles. The Hall–Kier alpha value is -6.17. The van der Waals surface area contributed by atoms with E-state index in [1.807, 2.05) is 18.2 Å². The molecule has 1 fully saturated rings. The average Bonchev–Trinajstić information content (AvgIpc) is 3.92. The molecule has 1 saturated carbocycles. The number of alkyl halides is 3. The van der Waals surface area contributed by atoms with Crippen molar-refractivity contribution in [3.63, 3.8) is 0 Å². The molecule has 3 aromatic carbocycles. The fourth-order valence-corrected chi connectivity index (χ4v) is 5.18. The van der Waals surface area contributed by atoms with E-state index >= 15 is 0 Å². The normalized spacial score (nSPS) is 13.5. The Morgan fingerprint density at radius 3 is 2.26 bits per heavy atom. The Bertz CT molecular complexity index is 1980. The maximum atomic E-state index is 12.9.